The van der Waals surface area contributed by atoms with Gasteiger partial charge in [-0.05, 0) is 6.92 Å². The van der Waals surface area contributed by atoms with Gasteiger partial charge in [0.05, 0.1) is 25.9 Å². The second-order valence-corrected chi connectivity index (χ2v) is 4.79. The molecule has 0 amide bonds. The Morgan fingerprint density at radius 3 is 3.25 bits per heavy atom. The van der Waals surface area contributed by atoms with Crippen molar-refractivity contribution in [2.45, 2.75) is 13.0 Å². The molecule has 7 heteroatoms. The predicted molar refractivity (Wildman–Crippen MR) is 73.9 cm³/mol. The third-order valence-corrected chi connectivity index (χ3v) is 3.46. The molecule has 0 spiro atoms. The summed E-state index contributed by atoms with van der Waals surface area (Å²) in [7, 11) is 0. The summed E-state index contributed by atoms with van der Waals surface area (Å²) < 4.78 is 5.35. The molecule has 0 aliphatic carbocycles. The molecule has 0 radical (unpaired) electrons. The first-order valence-electron chi connectivity index (χ1n) is 6.51. The average molecular weight is 276 g/mol. The Morgan fingerprint density at radius 2 is 2.45 bits per heavy atom. The Kier molecular flexibility index (Phi) is 3.37. The molecule has 1 fully saturated rings. The third kappa shape index (κ3) is 2.14. The van der Waals surface area contributed by atoms with Gasteiger partial charge >= 0.3 is 0 Å². The number of aromatic amines is 1. The number of aliphatic hydroxyl groups is 1. The van der Waals surface area contributed by atoms with E-state index in [-0.39, 0.29) is 18.2 Å². The van der Waals surface area contributed by atoms with Crippen molar-refractivity contribution in [3.05, 3.63) is 28.6 Å². The topological polar surface area (TPSA) is 91.3 Å². The number of nitrogens with one attached hydrogen (secondary N) is 1. The van der Waals surface area contributed by atoms with Gasteiger partial charge in [0.15, 0.2) is 0 Å². The van der Waals surface area contributed by atoms with Crippen molar-refractivity contribution in [3.63, 3.8) is 0 Å². The quantitative estimate of drug-likeness (QED) is 0.791. The lowest BCUT2D eigenvalue weighted by Gasteiger charge is -2.35. The lowest BCUT2D eigenvalue weighted by Crippen LogP contribution is -2.49. The molecule has 20 heavy (non-hydrogen) atoms. The van der Waals surface area contributed by atoms with Crippen LogP contribution in [-0.2, 0) is 4.74 Å². The highest BCUT2D eigenvalue weighted by atomic mass is 16.5. The number of H-pyrrole nitrogens is 1. The minimum absolute atomic E-state index is 0.0696. The number of aryl methyl sites for hydroxylation is 1. The molecule has 0 bridgehead atoms. The molecule has 2 N–H and O–H groups in total. The van der Waals surface area contributed by atoms with E-state index in [9.17, 15) is 9.90 Å². The average Bonchev–Trinajstić information content (AvgIpc) is 2.47. The van der Waals surface area contributed by atoms with Gasteiger partial charge in [-0.3, -0.25) is 4.79 Å². The molecule has 106 valence electrons. The molecule has 2 aromatic heterocycles. The molecule has 3 heterocycles. The minimum atomic E-state index is -0.231. The minimum Gasteiger partial charge on any atom is -0.394 e. The highest BCUT2D eigenvalue weighted by Crippen LogP contribution is 2.23. The van der Waals surface area contributed by atoms with E-state index in [0.29, 0.717) is 36.8 Å². The van der Waals surface area contributed by atoms with Crippen LogP contribution < -0.4 is 10.5 Å². The van der Waals surface area contributed by atoms with Crippen LogP contribution in [0.4, 0.5) is 5.69 Å². The molecule has 1 saturated heterocycles. The molecule has 7 nitrogen and oxygen atoms in total. The maximum atomic E-state index is 12.2. The first-order chi connectivity index (χ1) is 9.70. The molecule has 0 unspecified atom stereocenters. The standard InChI is InChI=1S/C13H16N4O3/c1-8-14-4-9-5-15-13(19)12(11(9)16-8)17-2-3-20-7-10(17)6-18/h4-5,10,18H,2-3,6-7H2,1H3,(H,15,19)/t10-/m0/s1. The molecule has 3 rings (SSSR count). The van der Waals surface area contributed by atoms with Crippen molar-refractivity contribution in [2.24, 2.45) is 0 Å². The van der Waals surface area contributed by atoms with E-state index in [1.54, 1.807) is 19.3 Å². The van der Waals surface area contributed by atoms with Crippen molar-refractivity contribution < 1.29 is 9.84 Å². The Labute approximate surface area is 115 Å². The first kappa shape index (κ1) is 13.0. The van der Waals surface area contributed by atoms with Crippen molar-refractivity contribution >= 4 is 16.6 Å². The van der Waals surface area contributed by atoms with Crippen molar-refractivity contribution in [1.82, 2.24) is 15.0 Å². The smallest absolute Gasteiger partial charge is 0.273 e. The molecule has 2 aromatic rings. The maximum absolute atomic E-state index is 12.2. The first-order valence-corrected chi connectivity index (χ1v) is 6.51. The SMILES string of the molecule is Cc1ncc2c[nH]c(=O)c(N3CCOC[C@@H]3CO)c2n1. The van der Waals surface area contributed by atoms with Crippen LogP contribution in [0.5, 0.6) is 0 Å². The number of fused-ring (bicyclic) bond motifs is 1. The van der Waals surface area contributed by atoms with Gasteiger partial charge in [0.25, 0.3) is 5.56 Å². The van der Waals surface area contributed by atoms with Crippen molar-refractivity contribution in [3.8, 4) is 0 Å². The number of anilines is 1. The summed E-state index contributed by atoms with van der Waals surface area (Å²) >= 11 is 0. The van der Waals surface area contributed by atoms with Crippen LogP contribution in [0.3, 0.4) is 0 Å². The summed E-state index contributed by atoms with van der Waals surface area (Å²) in [5.74, 6) is 0.609. The number of ether oxygens (including phenoxy) is 1. The second kappa shape index (κ2) is 5.18. The normalized spacial score (nSPS) is 19.5. The fourth-order valence-corrected chi connectivity index (χ4v) is 2.46. The number of nitrogens with zero attached hydrogens (tertiary/aromatic N) is 3. The van der Waals surface area contributed by atoms with Crippen LogP contribution in [0.25, 0.3) is 10.9 Å². The van der Waals surface area contributed by atoms with Crippen LogP contribution in [0, 0.1) is 6.92 Å². The molecule has 1 atom stereocenters. The number of morpholine rings is 1. The maximum Gasteiger partial charge on any atom is 0.273 e. The molecular formula is C13H16N4O3. The van der Waals surface area contributed by atoms with Gasteiger partial charge in [-0.25, -0.2) is 9.97 Å². The summed E-state index contributed by atoms with van der Waals surface area (Å²) in [6, 6.07) is -0.231. The van der Waals surface area contributed by atoms with Crippen molar-refractivity contribution in [2.75, 3.05) is 31.3 Å². The van der Waals surface area contributed by atoms with Crippen LogP contribution in [0.1, 0.15) is 5.82 Å². The highest BCUT2D eigenvalue weighted by molar-refractivity contribution is 5.89. The molecule has 1 aliphatic heterocycles. The number of hydrogen-bond acceptors (Lipinski definition) is 6. The number of hydrogen-bond donors (Lipinski definition) is 2. The van der Waals surface area contributed by atoms with Crippen LogP contribution in [0.15, 0.2) is 17.2 Å². The van der Waals surface area contributed by atoms with Gasteiger partial charge < -0.3 is 19.7 Å². The van der Waals surface area contributed by atoms with Crippen LogP contribution in [-0.4, -0.2) is 52.5 Å². The zero-order chi connectivity index (χ0) is 14.1. The van der Waals surface area contributed by atoms with Gasteiger partial charge in [-0.1, -0.05) is 0 Å². The van der Waals surface area contributed by atoms with E-state index in [0.717, 1.165) is 5.39 Å². The Balaban J connectivity index is 2.20. The summed E-state index contributed by atoms with van der Waals surface area (Å²) in [5, 5.41) is 10.2. The zero-order valence-corrected chi connectivity index (χ0v) is 11.2. The largest absolute Gasteiger partial charge is 0.394 e. The molecule has 1 aliphatic rings. The summed E-state index contributed by atoms with van der Waals surface area (Å²) in [5.41, 5.74) is 0.882. The van der Waals surface area contributed by atoms with Gasteiger partial charge in [0.1, 0.15) is 17.0 Å². The summed E-state index contributed by atoms with van der Waals surface area (Å²) in [4.78, 5) is 25.3. The van der Waals surface area contributed by atoms with Crippen LogP contribution >= 0.6 is 0 Å². The van der Waals surface area contributed by atoms with Crippen molar-refractivity contribution in [1.29, 1.82) is 0 Å². The Morgan fingerprint density at radius 1 is 1.60 bits per heavy atom. The third-order valence-electron chi connectivity index (χ3n) is 3.46. The number of rotatable bonds is 2. The lowest BCUT2D eigenvalue weighted by molar-refractivity contribution is 0.0727. The van der Waals surface area contributed by atoms with Gasteiger partial charge in [-0.2, -0.15) is 0 Å². The fraction of sp³-hybridized carbons (Fsp3) is 0.462. The van der Waals surface area contributed by atoms with Gasteiger partial charge in [0.2, 0.25) is 0 Å². The molecular weight excluding hydrogens is 260 g/mol. The monoisotopic (exact) mass is 276 g/mol. The van der Waals surface area contributed by atoms with Gasteiger partial charge in [-0.15, -0.1) is 0 Å². The Bertz CT molecular complexity index is 685. The fourth-order valence-electron chi connectivity index (χ4n) is 2.46. The second-order valence-electron chi connectivity index (χ2n) is 4.79. The summed E-state index contributed by atoms with van der Waals surface area (Å²) in [6.45, 7) is 3.19. The Hall–Kier alpha value is -1.99. The number of aliphatic hydroxyl groups excluding tert-OH is 1. The predicted octanol–water partition coefficient (Wildman–Crippen LogP) is -0.176. The summed E-state index contributed by atoms with van der Waals surface area (Å²) in [6.07, 6.45) is 3.29. The van der Waals surface area contributed by atoms with Gasteiger partial charge in [0, 0.05) is 24.3 Å². The lowest BCUT2D eigenvalue weighted by atomic mass is 10.2. The molecule has 0 aromatic carbocycles. The highest BCUT2D eigenvalue weighted by Gasteiger charge is 2.26. The van der Waals surface area contributed by atoms with Crippen LogP contribution in [0.2, 0.25) is 0 Å². The zero-order valence-electron chi connectivity index (χ0n) is 11.2. The van der Waals surface area contributed by atoms with E-state index in [4.69, 9.17) is 4.74 Å². The van der Waals surface area contributed by atoms with E-state index in [1.807, 2.05) is 4.90 Å². The van der Waals surface area contributed by atoms with E-state index in [2.05, 4.69) is 15.0 Å². The van der Waals surface area contributed by atoms with E-state index >= 15 is 0 Å². The number of pyridine rings is 1. The molecule has 0 saturated carbocycles. The van der Waals surface area contributed by atoms with E-state index in [1.165, 1.54) is 0 Å². The van der Waals surface area contributed by atoms with E-state index < -0.39 is 0 Å². The number of aromatic nitrogens is 3.